The SMILES string of the molecule is NC(=O)OC12C=CC(CC1)C1C(=O)NC(=O)C12. The van der Waals surface area contributed by atoms with Gasteiger partial charge >= 0.3 is 6.09 Å². The van der Waals surface area contributed by atoms with Gasteiger partial charge in [-0.2, -0.15) is 0 Å². The maximum Gasteiger partial charge on any atom is 0.405 e. The van der Waals surface area contributed by atoms with Gasteiger partial charge in [-0.25, -0.2) is 4.79 Å². The molecule has 0 aromatic heterocycles. The predicted molar refractivity (Wildman–Crippen MR) is 55.4 cm³/mol. The fraction of sp³-hybridized carbons (Fsp3) is 0.545. The Hall–Kier alpha value is -1.85. The van der Waals surface area contributed by atoms with Crippen LogP contribution in [0.25, 0.3) is 0 Å². The lowest BCUT2D eigenvalue weighted by atomic mass is 9.60. The number of carbonyl (C=O) groups excluding carboxylic acids is 3. The minimum atomic E-state index is -1.03. The molecule has 0 aromatic carbocycles. The zero-order valence-electron chi connectivity index (χ0n) is 9.01. The number of primary amides is 1. The summed E-state index contributed by atoms with van der Waals surface area (Å²) in [4.78, 5) is 34.5. The van der Waals surface area contributed by atoms with Crippen LogP contribution < -0.4 is 11.1 Å². The second-order valence-electron chi connectivity index (χ2n) is 4.79. The Bertz CT molecular complexity index is 458. The van der Waals surface area contributed by atoms with Crippen LogP contribution in [0, 0.1) is 17.8 Å². The van der Waals surface area contributed by atoms with Crippen molar-refractivity contribution in [2.45, 2.75) is 18.4 Å². The van der Waals surface area contributed by atoms with Crippen molar-refractivity contribution < 1.29 is 19.1 Å². The Morgan fingerprint density at radius 2 is 2.24 bits per heavy atom. The molecule has 17 heavy (non-hydrogen) atoms. The van der Waals surface area contributed by atoms with Crippen LogP contribution in [0.5, 0.6) is 0 Å². The van der Waals surface area contributed by atoms with Gasteiger partial charge in [-0.3, -0.25) is 14.9 Å². The number of nitrogens with two attached hydrogens (primary N) is 1. The molecule has 0 radical (unpaired) electrons. The van der Waals surface area contributed by atoms with Crippen LogP contribution in [0.4, 0.5) is 4.79 Å². The van der Waals surface area contributed by atoms with E-state index in [1.165, 1.54) is 0 Å². The summed E-state index contributed by atoms with van der Waals surface area (Å²) in [6, 6.07) is 0. The van der Waals surface area contributed by atoms with Crippen LogP contribution >= 0.6 is 0 Å². The number of ether oxygens (including phenoxy) is 1. The second-order valence-corrected chi connectivity index (χ2v) is 4.79. The molecule has 6 nitrogen and oxygen atoms in total. The molecule has 3 aliphatic carbocycles. The number of fused-ring (bicyclic) bond motifs is 1. The highest BCUT2D eigenvalue weighted by Gasteiger charge is 2.62. The number of hydrogen-bond acceptors (Lipinski definition) is 4. The maximum atomic E-state index is 11.8. The van der Waals surface area contributed by atoms with E-state index in [2.05, 4.69) is 5.32 Å². The molecule has 0 spiro atoms. The normalized spacial score (nSPS) is 42.2. The van der Waals surface area contributed by atoms with E-state index in [1.54, 1.807) is 6.08 Å². The van der Waals surface area contributed by atoms with E-state index in [1.807, 2.05) is 6.08 Å². The van der Waals surface area contributed by atoms with E-state index >= 15 is 0 Å². The minimum Gasteiger partial charge on any atom is -0.438 e. The Morgan fingerprint density at radius 1 is 1.47 bits per heavy atom. The van der Waals surface area contributed by atoms with Crippen molar-refractivity contribution in [1.82, 2.24) is 5.32 Å². The molecule has 2 fully saturated rings. The Kier molecular flexibility index (Phi) is 1.87. The topological polar surface area (TPSA) is 98.5 Å². The van der Waals surface area contributed by atoms with Crippen LogP contribution in [0.3, 0.4) is 0 Å². The van der Waals surface area contributed by atoms with Gasteiger partial charge in [-0.15, -0.1) is 0 Å². The van der Waals surface area contributed by atoms with E-state index in [0.29, 0.717) is 6.42 Å². The van der Waals surface area contributed by atoms with Crippen LogP contribution in [0.15, 0.2) is 12.2 Å². The molecular weight excluding hydrogens is 224 g/mol. The van der Waals surface area contributed by atoms with E-state index < -0.39 is 23.5 Å². The van der Waals surface area contributed by atoms with Crippen molar-refractivity contribution in [1.29, 1.82) is 0 Å². The summed E-state index contributed by atoms with van der Waals surface area (Å²) in [6.07, 6.45) is 3.92. The standard InChI is InChI=1S/C11H12N2O4/c12-10(16)17-11-3-1-5(2-4-11)6-7(11)9(15)13-8(6)14/h1,3,5-7H,2,4H2,(H2,12,16)(H,13,14,15). The lowest BCUT2D eigenvalue weighted by molar-refractivity contribution is -0.136. The molecule has 4 atom stereocenters. The smallest absolute Gasteiger partial charge is 0.405 e. The van der Waals surface area contributed by atoms with Gasteiger partial charge < -0.3 is 10.5 Å². The number of allylic oxidation sites excluding steroid dienone is 1. The van der Waals surface area contributed by atoms with Gasteiger partial charge in [-0.05, 0) is 24.8 Å². The lowest BCUT2D eigenvalue weighted by Gasteiger charge is -2.46. The van der Waals surface area contributed by atoms with Gasteiger partial charge in [0.25, 0.3) is 0 Å². The average Bonchev–Trinajstić information content (AvgIpc) is 2.57. The average molecular weight is 236 g/mol. The monoisotopic (exact) mass is 236 g/mol. The molecule has 4 unspecified atom stereocenters. The molecule has 2 bridgehead atoms. The zero-order valence-corrected chi connectivity index (χ0v) is 9.01. The summed E-state index contributed by atoms with van der Waals surface area (Å²) >= 11 is 0. The van der Waals surface area contributed by atoms with Gasteiger partial charge in [-0.1, -0.05) is 6.08 Å². The first-order valence-electron chi connectivity index (χ1n) is 5.56. The highest BCUT2D eigenvalue weighted by Crippen LogP contribution is 2.51. The van der Waals surface area contributed by atoms with Gasteiger partial charge in [0, 0.05) is 0 Å². The van der Waals surface area contributed by atoms with Crippen molar-refractivity contribution in [3.63, 3.8) is 0 Å². The van der Waals surface area contributed by atoms with Crippen molar-refractivity contribution in [3.05, 3.63) is 12.2 Å². The molecule has 4 rings (SSSR count). The van der Waals surface area contributed by atoms with Crippen LogP contribution in [-0.4, -0.2) is 23.5 Å². The Morgan fingerprint density at radius 3 is 2.82 bits per heavy atom. The second kappa shape index (κ2) is 3.09. The lowest BCUT2D eigenvalue weighted by Crippen LogP contribution is -2.54. The van der Waals surface area contributed by atoms with E-state index in [-0.39, 0.29) is 17.7 Å². The Balaban J connectivity index is 2.06. The molecule has 0 aromatic rings. The number of nitrogens with one attached hydrogen (secondary N) is 1. The molecule has 1 saturated carbocycles. The fourth-order valence-electron chi connectivity index (χ4n) is 3.32. The molecule has 3 amide bonds. The molecule has 1 aliphatic heterocycles. The quantitative estimate of drug-likeness (QED) is 0.482. The highest BCUT2D eigenvalue weighted by molar-refractivity contribution is 6.06. The number of hydrogen-bond donors (Lipinski definition) is 2. The number of amides is 3. The molecular formula is C11H12N2O4. The van der Waals surface area contributed by atoms with Crippen molar-refractivity contribution in [2.24, 2.45) is 23.5 Å². The van der Waals surface area contributed by atoms with E-state index in [9.17, 15) is 14.4 Å². The summed E-state index contributed by atoms with van der Waals surface area (Å²) in [5.74, 6) is -1.61. The number of rotatable bonds is 1. The van der Waals surface area contributed by atoms with Gasteiger partial charge in [0.2, 0.25) is 11.8 Å². The van der Waals surface area contributed by atoms with Crippen LogP contribution in [-0.2, 0) is 14.3 Å². The van der Waals surface area contributed by atoms with Crippen LogP contribution in [0.2, 0.25) is 0 Å². The molecule has 3 N–H and O–H groups in total. The van der Waals surface area contributed by atoms with Gasteiger partial charge in [0.1, 0.15) is 5.60 Å². The third-order valence-corrected chi connectivity index (χ3v) is 3.96. The van der Waals surface area contributed by atoms with Crippen molar-refractivity contribution >= 4 is 17.9 Å². The van der Waals surface area contributed by atoms with Crippen molar-refractivity contribution in [3.8, 4) is 0 Å². The summed E-state index contributed by atoms with van der Waals surface area (Å²) in [5.41, 5.74) is 4.03. The largest absolute Gasteiger partial charge is 0.438 e. The van der Waals surface area contributed by atoms with Gasteiger partial charge in [0.05, 0.1) is 11.8 Å². The predicted octanol–water partition coefficient (Wildman–Crippen LogP) is -0.311. The summed E-state index contributed by atoms with van der Waals surface area (Å²) < 4.78 is 5.14. The third kappa shape index (κ3) is 1.23. The molecule has 1 heterocycles. The van der Waals surface area contributed by atoms with Crippen molar-refractivity contribution in [2.75, 3.05) is 0 Å². The number of imide groups is 1. The third-order valence-electron chi connectivity index (χ3n) is 3.96. The summed E-state index contributed by atoms with van der Waals surface area (Å²) in [7, 11) is 0. The van der Waals surface area contributed by atoms with E-state index in [4.69, 9.17) is 10.5 Å². The summed E-state index contributed by atoms with van der Waals surface area (Å²) in [5, 5.41) is 2.31. The Labute approximate surface area is 97.2 Å². The first-order chi connectivity index (χ1) is 8.03. The van der Waals surface area contributed by atoms with Crippen LogP contribution in [0.1, 0.15) is 12.8 Å². The number of carbonyl (C=O) groups is 3. The zero-order chi connectivity index (χ0) is 12.2. The molecule has 6 heteroatoms. The fourth-order valence-corrected chi connectivity index (χ4v) is 3.32. The first kappa shape index (κ1) is 10.3. The highest BCUT2D eigenvalue weighted by atomic mass is 16.6. The minimum absolute atomic E-state index is 0.0600. The molecule has 90 valence electrons. The van der Waals surface area contributed by atoms with Gasteiger partial charge in [0.15, 0.2) is 0 Å². The first-order valence-corrected chi connectivity index (χ1v) is 5.56. The maximum absolute atomic E-state index is 11.8. The molecule has 4 aliphatic rings. The molecule has 1 saturated heterocycles. The van der Waals surface area contributed by atoms with E-state index in [0.717, 1.165) is 6.42 Å². The summed E-state index contributed by atoms with van der Waals surface area (Å²) in [6.45, 7) is 0.